The van der Waals surface area contributed by atoms with Crippen molar-refractivity contribution in [3.8, 4) is 17.2 Å². The Labute approximate surface area is 122 Å². The SMILES string of the molecule is CNC(c1c(OC)cc(OC)cc1OC)C(C)C(C)C. The maximum Gasteiger partial charge on any atom is 0.131 e. The average molecular weight is 281 g/mol. The van der Waals surface area contributed by atoms with E-state index < -0.39 is 0 Å². The number of hydrogen-bond acceptors (Lipinski definition) is 4. The van der Waals surface area contributed by atoms with Gasteiger partial charge in [0.15, 0.2) is 0 Å². The van der Waals surface area contributed by atoms with Crippen LogP contribution in [-0.4, -0.2) is 28.4 Å². The number of methoxy groups -OCH3 is 3. The van der Waals surface area contributed by atoms with E-state index in [0.29, 0.717) is 11.8 Å². The Balaban J connectivity index is 3.39. The summed E-state index contributed by atoms with van der Waals surface area (Å²) in [4.78, 5) is 0. The smallest absolute Gasteiger partial charge is 0.131 e. The number of nitrogens with one attached hydrogen (secondary N) is 1. The van der Waals surface area contributed by atoms with Crippen LogP contribution in [-0.2, 0) is 0 Å². The van der Waals surface area contributed by atoms with Crippen molar-refractivity contribution >= 4 is 0 Å². The van der Waals surface area contributed by atoms with E-state index in [1.807, 2.05) is 19.2 Å². The molecule has 1 rings (SSSR count). The van der Waals surface area contributed by atoms with E-state index in [9.17, 15) is 0 Å². The highest BCUT2D eigenvalue weighted by molar-refractivity contribution is 5.52. The van der Waals surface area contributed by atoms with E-state index >= 15 is 0 Å². The summed E-state index contributed by atoms with van der Waals surface area (Å²) in [7, 11) is 6.95. The Hall–Kier alpha value is -1.42. The van der Waals surface area contributed by atoms with Crippen LogP contribution in [0.1, 0.15) is 32.4 Å². The van der Waals surface area contributed by atoms with Gasteiger partial charge >= 0.3 is 0 Å². The fourth-order valence-electron chi connectivity index (χ4n) is 2.39. The molecule has 0 amide bonds. The Kier molecular flexibility index (Phi) is 6.14. The van der Waals surface area contributed by atoms with Gasteiger partial charge in [0.05, 0.1) is 26.9 Å². The third-order valence-corrected chi connectivity index (χ3v) is 3.95. The quantitative estimate of drug-likeness (QED) is 0.832. The lowest BCUT2D eigenvalue weighted by Crippen LogP contribution is -2.27. The Bertz CT molecular complexity index is 407. The van der Waals surface area contributed by atoms with Crippen molar-refractivity contribution in [3.63, 3.8) is 0 Å². The molecule has 0 saturated heterocycles. The standard InChI is InChI=1S/C16H27NO3/c1-10(2)11(3)16(17-4)15-13(19-6)8-12(18-5)9-14(15)20-7/h8-11,16-17H,1-7H3. The van der Waals surface area contributed by atoms with Gasteiger partial charge < -0.3 is 19.5 Å². The third kappa shape index (κ3) is 3.37. The third-order valence-electron chi connectivity index (χ3n) is 3.95. The molecule has 0 bridgehead atoms. The molecular formula is C16H27NO3. The van der Waals surface area contributed by atoms with Crippen LogP contribution in [0.5, 0.6) is 17.2 Å². The van der Waals surface area contributed by atoms with Gasteiger partial charge in [0, 0.05) is 18.2 Å². The number of hydrogen-bond donors (Lipinski definition) is 1. The first-order valence-corrected chi connectivity index (χ1v) is 6.97. The summed E-state index contributed by atoms with van der Waals surface area (Å²) in [6.07, 6.45) is 0. The van der Waals surface area contributed by atoms with Crippen LogP contribution in [0.4, 0.5) is 0 Å². The van der Waals surface area contributed by atoms with Gasteiger partial charge in [0.2, 0.25) is 0 Å². The second kappa shape index (κ2) is 7.39. The zero-order chi connectivity index (χ0) is 15.3. The van der Waals surface area contributed by atoms with E-state index in [4.69, 9.17) is 14.2 Å². The van der Waals surface area contributed by atoms with E-state index in [2.05, 4.69) is 26.1 Å². The minimum Gasteiger partial charge on any atom is -0.496 e. The first-order chi connectivity index (χ1) is 9.49. The fourth-order valence-corrected chi connectivity index (χ4v) is 2.39. The normalized spacial score (nSPS) is 14.0. The molecule has 4 nitrogen and oxygen atoms in total. The van der Waals surface area contributed by atoms with Gasteiger partial charge in [-0.3, -0.25) is 0 Å². The summed E-state index contributed by atoms with van der Waals surface area (Å²) in [5.74, 6) is 3.29. The summed E-state index contributed by atoms with van der Waals surface area (Å²) in [5.41, 5.74) is 1.04. The molecule has 0 heterocycles. The lowest BCUT2D eigenvalue weighted by Gasteiger charge is -2.29. The van der Waals surface area contributed by atoms with Gasteiger partial charge in [-0.25, -0.2) is 0 Å². The minimum atomic E-state index is 0.158. The molecule has 0 radical (unpaired) electrons. The molecule has 0 aliphatic heterocycles. The highest BCUT2D eigenvalue weighted by Gasteiger charge is 2.27. The van der Waals surface area contributed by atoms with E-state index in [1.54, 1.807) is 21.3 Å². The van der Waals surface area contributed by atoms with Gasteiger partial charge in [-0.1, -0.05) is 20.8 Å². The summed E-state index contributed by atoms with van der Waals surface area (Å²) < 4.78 is 16.4. The average Bonchev–Trinajstić information content (AvgIpc) is 2.47. The van der Waals surface area contributed by atoms with E-state index in [-0.39, 0.29) is 6.04 Å². The monoisotopic (exact) mass is 281 g/mol. The Morgan fingerprint density at radius 3 is 1.70 bits per heavy atom. The molecule has 20 heavy (non-hydrogen) atoms. The van der Waals surface area contributed by atoms with E-state index in [1.165, 1.54) is 0 Å². The second-order valence-electron chi connectivity index (χ2n) is 5.32. The molecule has 2 atom stereocenters. The zero-order valence-electron chi connectivity index (χ0n) is 13.6. The molecule has 4 heteroatoms. The molecule has 0 aliphatic rings. The van der Waals surface area contributed by atoms with E-state index in [0.717, 1.165) is 22.8 Å². The van der Waals surface area contributed by atoms with Gasteiger partial charge in [-0.2, -0.15) is 0 Å². The summed E-state index contributed by atoms with van der Waals surface area (Å²) in [5, 5.41) is 3.39. The summed E-state index contributed by atoms with van der Waals surface area (Å²) >= 11 is 0. The van der Waals surface area contributed by atoms with Crippen molar-refractivity contribution in [3.05, 3.63) is 17.7 Å². The molecule has 0 fully saturated rings. The van der Waals surface area contributed by atoms with Crippen LogP contribution in [0.3, 0.4) is 0 Å². The van der Waals surface area contributed by atoms with Crippen LogP contribution in [0.15, 0.2) is 12.1 Å². The molecule has 1 aromatic carbocycles. The molecule has 1 N–H and O–H groups in total. The van der Waals surface area contributed by atoms with Gasteiger partial charge in [-0.15, -0.1) is 0 Å². The maximum atomic E-state index is 5.54. The molecule has 0 saturated carbocycles. The van der Waals surface area contributed by atoms with Crippen molar-refractivity contribution < 1.29 is 14.2 Å². The first-order valence-electron chi connectivity index (χ1n) is 6.97. The topological polar surface area (TPSA) is 39.7 Å². The maximum absolute atomic E-state index is 5.54. The first kappa shape index (κ1) is 16.6. The molecule has 0 aliphatic carbocycles. The van der Waals surface area contributed by atoms with Gasteiger partial charge in [0.1, 0.15) is 17.2 Å². The van der Waals surface area contributed by atoms with Gasteiger partial charge in [-0.05, 0) is 18.9 Å². The number of benzene rings is 1. The lowest BCUT2D eigenvalue weighted by molar-refractivity contribution is 0.293. The highest BCUT2D eigenvalue weighted by Crippen LogP contribution is 2.42. The summed E-state index contributed by atoms with van der Waals surface area (Å²) in [6, 6.07) is 3.95. The van der Waals surface area contributed by atoms with Crippen molar-refractivity contribution in [2.45, 2.75) is 26.8 Å². The number of ether oxygens (including phenoxy) is 3. The van der Waals surface area contributed by atoms with Crippen molar-refractivity contribution in [1.82, 2.24) is 5.32 Å². The lowest BCUT2D eigenvalue weighted by atomic mass is 9.85. The second-order valence-corrected chi connectivity index (χ2v) is 5.32. The predicted molar refractivity (Wildman–Crippen MR) is 81.9 cm³/mol. The van der Waals surface area contributed by atoms with Crippen molar-refractivity contribution in [2.75, 3.05) is 28.4 Å². The molecule has 1 aromatic rings. The van der Waals surface area contributed by atoms with Crippen LogP contribution in [0.2, 0.25) is 0 Å². The largest absolute Gasteiger partial charge is 0.496 e. The molecular weight excluding hydrogens is 254 g/mol. The van der Waals surface area contributed by atoms with Crippen LogP contribution < -0.4 is 19.5 Å². The highest BCUT2D eigenvalue weighted by atomic mass is 16.5. The van der Waals surface area contributed by atoms with Crippen LogP contribution in [0, 0.1) is 11.8 Å². The Morgan fingerprint density at radius 1 is 0.900 bits per heavy atom. The summed E-state index contributed by atoms with van der Waals surface area (Å²) in [6.45, 7) is 6.67. The molecule has 0 aromatic heterocycles. The zero-order valence-corrected chi connectivity index (χ0v) is 13.6. The van der Waals surface area contributed by atoms with Crippen LogP contribution in [0.25, 0.3) is 0 Å². The molecule has 2 unspecified atom stereocenters. The van der Waals surface area contributed by atoms with Crippen molar-refractivity contribution in [2.24, 2.45) is 11.8 Å². The van der Waals surface area contributed by atoms with Crippen molar-refractivity contribution in [1.29, 1.82) is 0 Å². The number of rotatable bonds is 7. The minimum absolute atomic E-state index is 0.158. The van der Waals surface area contributed by atoms with Crippen LogP contribution >= 0.6 is 0 Å². The van der Waals surface area contributed by atoms with Gasteiger partial charge in [0.25, 0.3) is 0 Å². The molecule has 0 spiro atoms. The Morgan fingerprint density at radius 2 is 1.40 bits per heavy atom. The predicted octanol–water partition coefficient (Wildman–Crippen LogP) is 3.27. The molecule has 114 valence electrons. The fraction of sp³-hybridized carbons (Fsp3) is 0.625.